The van der Waals surface area contributed by atoms with Crippen molar-refractivity contribution < 1.29 is 0 Å². The maximum Gasteiger partial charge on any atom is 0.0253 e. The van der Waals surface area contributed by atoms with Gasteiger partial charge in [-0.05, 0) is 18.4 Å². The van der Waals surface area contributed by atoms with Crippen molar-refractivity contribution in [1.29, 1.82) is 0 Å². The Morgan fingerprint density at radius 3 is 2.82 bits per heavy atom. The fraction of sp³-hybridized carbons (Fsp3) is 0.600. The highest BCUT2D eigenvalue weighted by Gasteiger charge is 2.32. The summed E-state index contributed by atoms with van der Waals surface area (Å²) in [5.74, 6) is 0. The van der Waals surface area contributed by atoms with Gasteiger partial charge in [-0.25, -0.2) is 0 Å². The third kappa shape index (κ3) is 2.53. The van der Waals surface area contributed by atoms with E-state index in [1.807, 2.05) is 0 Å². The molecule has 2 nitrogen and oxygen atoms in total. The van der Waals surface area contributed by atoms with Crippen LogP contribution in [0.2, 0.25) is 0 Å². The van der Waals surface area contributed by atoms with Crippen LogP contribution >= 0.6 is 0 Å². The SMILES string of the molecule is c1ccc(CN2CCN[C@@H]3CCCC[C@@H]32)cc1. The molecule has 1 heterocycles. The lowest BCUT2D eigenvalue weighted by Crippen LogP contribution is -2.58. The zero-order valence-corrected chi connectivity index (χ0v) is 10.4. The molecule has 92 valence electrons. The molecule has 1 aromatic rings. The molecular weight excluding hydrogens is 208 g/mol. The molecule has 2 aliphatic rings. The molecule has 1 saturated heterocycles. The lowest BCUT2D eigenvalue weighted by atomic mass is 9.87. The van der Waals surface area contributed by atoms with Gasteiger partial charge >= 0.3 is 0 Å². The van der Waals surface area contributed by atoms with E-state index in [0.29, 0.717) is 0 Å². The van der Waals surface area contributed by atoms with E-state index in [-0.39, 0.29) is 0 Å². The van der Waals surface area contributed by atoms with E-state index in [0.717, 1.165) is 25.2 Å². The molecule has 0 amide bonds. The summed E-state index contributed by atoms with van der Waals surface area (Å²) in [6, 6.07) is 12.4. The first kappa shape index (κ1) is 11.2. The third-order valence-corrected chi connectivity index (χ3v) is 4.23. The van der Waals surface area contributed by atoms with Crippen LogP contribution in [0, 0.1) is 0 Å². The standard InChI is InChI=1S/C15H22N2/c1-2-6-13(7-3-1)12-17-11-10-16-14-8-4-5-9-15(14)17/h1-3,6-7,14-16H,4-5,8-12H2/t14-,15+/m1/s1. The fourth-order valence-electron chi connectivity index (χ4n) is 3.36. The molecule has 1 aliphatic heterocycles. The highest BCUT2D eigenvalue weighted by Crippen LogP contribution is 2.26. The van der Waals surface area contributed by atoms with Gasteiger partial charge in [-0.2, -0.15) is 0 Å². The molecule has 3 rings (SSSR count). The number of nitrogens with one attached hydrogen (secondary N) is 1. The van der Waals surface area contributed by atoms with Crippen LogP contribution in [0.3, 0.4) is 0 Å². The molecule has 0 bridgehead atoms. The number of hydrogen-bond acceptors (Lipinski definition) is 2. The van der Waals surface area contributed by atoms with Crippen molar-refractivity contribution in [3.05, 3.63) is 35.9 Å². The summed E-state index contributed by atoms with van der Waals surface area (Å²) in [5.41, 5.74) is 1.46. The van der Waals surface area contributed by atoms with Gasteiger partial charge in [0, 0.05) is 31.7 Å². The van der Waals surface area contributed by atoms with Crippen molar-refractivity contribution in [1.82, 2.24) is 10.2 Å². The first-order chi connectivity index (χ1) is 8.43. The van der Waals surface area contributed by atoms with Gasteiger partial charge in [-0.3, -0.25) is 4.90 Å². The molecule has 2 atom stereocenters. The minimum Gasteiger partial charge on any atom is -0.311 e. The van der Waals surface area contributed by atoms with E-state index in [9.17, 15) is 0 Å². The smallest absolute Gasteiger partial charge is 0.0253 e. The van der Waals surface area contributed by atoms with Crippen LogP contribution in [-0.2, 0) is 6.54 Å². The first-order valence-corrected chi connectivity index (χ1v) is 6.95. The molecule has 17 heavy (non-hydrogen) atoms. The van der Waals surface area contributed by atoms with Crippen molar-refractivity contribution in [2.75, 3.05) is 13.1 Å². The van der Waals surface area contributed by atoms with Gasteiger partial charge in [0.05, 0.1) is 0 Å². The second-order valence-electron chi connectivity index (χ2n) is 5.37. The van der Waals surface area contributed by atoms with Crippen LogP contribution in [0.5, 0.6) is 0 Å². The summed E-state index contributed by atoms with van der Waals surface area (Å²) in [4.78, 5) is 2.69. The number of nitrogens with zero attached hydrogens (tertiary/aromatic N) is 1. The lowest BCUT2D eigenvalue weighted by molar-refractivity contribution is 0.0815. The monoisotopic (exact) mass is 230 g/mol. The molecule has 0 spiro atoms. The highest BCUT2D eigenvalue weighted by atomic mass is 15.2. The van der Waals surface area contributed by atoms with Crippen molar-refractivity contribution >= 4 is 0 Å². The van der Waals surface area contributed by atoms with Gasteiger partial charge in [-0.1, -0.05) is 43.2 Å². The summed E-state index contributed by atoms with van der Waals surface area (Å²) < 4.78 is 0. The Balaban J connectivity index is 1.69. The van der Waals surface area contributed by atoms with Crippen molar-refractivity contribution in [2.45, 2.75) is 44.3 Å². The van der Waals surface area contributed by atoms with Gasteiger partial charge in [0.15, 0.2) is 0 Å². The molecule has 2 heteroatoms. The van der Waals surface area contributed by atoms with Crippen LogP contribution in [0.25, 0.3) is 0 Å². The maximum atomic E-state index is 3.70. The second-order valence-corrected chi connectivity index (χ2v) is 5.37. The molecule has 1 N–H and O–H groups in total. The van der Waals surface area contributed by atoms with Crippen LogP contribution in [0.4, 0.5) is 0 Å². The van der Waals surface area contributed by atoms with Crippen molar-refractivity contribution in [2.24, 2.45) is 0 Å². The van der Waals surface area contributed by atoms with Crippen molar-refractivity contribution in [3.63, 3.8) is 0 Å². The van der Waals surface area contributed by atoms with Crippen molar-refractivity contribution in [3.8, 4) is 0 Å². The van der Waals surface area contributed by atoms with Gasteiger partial charge in [-0.15, -0.1) is 0 Å². The Labute approximate surface area is 104 Å². The maximum absolute atomic E-state index is 3.70. The third-order valence-electron chi connectivity index (χ3n) is 4.23. The van der Waals surface area contributed by atoms with E-state index in [1.165, 1.54) is 37.8 Å². The minimum absolute atomic E-state index is 0.751. The summed E-state index contributed by atoms with van der Waals surface area (Å²) in [7, 11) is 0. The lowest BCUT2D eigenvalue weighted by Gasteiger charge is -2.44. The highest BCUT2D eigenvalue weighted by molar-refractivity contribution is 5.15. The number of piperazine rings is 1. The van der Waals surface area contributed by atoms with E-state index in [2.05, 4.69) is 40.5 Å². The van der Waals surface area contributed by atoms with Gasteiger partial charge < -0.3 is 5.32 Å². The second kappa shape index (κ2) is 5.19. The van der Waals surface area contributed by atoms with E-state index >= 15 is 0 Å². The predicted molar refractivity (Wildman–Crippen MR) is 70.9 cm³/mol. The molecule has 1 saturated carbocycles. The zero-order valence-electron chi connectivity index (χ0n) is 10.4. The van der Waals surface area contributed by atoms with E-state index < -0.39 is 0 Å². The van der Waals surface area contributed by atoms with E-state index in [1.54, 1.807) is 0 Å². The molecular formula is C15H22N2. The van der Waals surface area contributed by atoms with Crippen LogP contribution in [-0.4, -0.2) is 30.1 Å². The summed E-state index contributed by atoms with van der Waals surface area (Å²) >= 11 is 0. The molecule has 0 aromatic heterocycles. The van der Waals surface area contributed by atoms with Crippen LogP contribution in [0.1, 0.15) is 31.2 Å². The van der Waals surface area contributed by atoms with Gasteiger partial charge in [0.25, 0.3) is 0 Å². The molecule has 1 aromatic carbocycles. The Bertz CT molecular complexity index is 347. The number of rotatable bonds is 2. The Kier molecular flexibility index (Phi) is 3.44. The number of hydrogen-bond donors (Lipinski definition) is 1. The molecule has 0 radical (unpaired) electrons. The van der Waals surface area contributed by atoms with E-state index in [4.69, 9.17) is 0 Å². The Hall–Kier alpha value is -0.860. The predicted octanol–water partition coefficient (Wildman–Crippen LogP) is 2.40. The van der Waals surface area contributed by atoms with Crippen LogP contribution < -0.4 is 5.32 Å². The van der Waals surface area contributed by atoms with Gasteiger partial charge in [0.1, 0.15) is 0 Å². The Morgan fingerprint density at radius 1 is 1.12 bits per heavy atom. The Morgan fingerprint density at radius 2 is 1.94 bits per heavy atom. The average molecular weight is 230 g/mol. The fourth-order valence-corrected chi connectivity index (χ4v) is 3.36. The summed E-state index contributed by atoms with van der Waals surface area (Å²) in [6.07, 6.45) is 5.57. The minimum atomic E-state index is 0.751. The molecule has 0 unspecified atom stereocenters. The molecule has 2 fully saturated rings. The summed E-state index contributed by atoms with van der Waals surface area (Å²) in [6.45, 7) is 3.49. The van der Waals surface area contributed by atoms with Gasteiger partial charge in [0.2, 0.25) is 0 Å². The average Bonchev–Trinajstić information content (AvgIpc) is 2.40. The quantitative estimate of drug-likeness (QED) is 0.839. The summed E-state index contributed by atoms with van der Waals surface area (Å²) in [5, 5.41) is 3.70. The topological polar surface area (TPSA) is 15.3 Å². The largest absolute Gasteiger partial charge is 0.311 e. The molecule has 1 aliphatic carbocycles. The number of fused-ring (bicyclic) bond motifs is 1. The van der Waals surface area contributed by atoms with Crippen LogP contribution in [0.15, 0.2) is 30.3 Å². The normalized spacial score (nSPS) is 29.9. The number of benzene rings is 1. The first-order valence-electron chi connectivity index (χ1n) is 6.95. The zero-order chi connectivity index (χ0) is 11.5.